The zero-order chi connectivity index (χ0) is 14.9. The minimum Gasteiger partial charge on any atom is -0.456 e. The Balaban J connectivity index is 1.26. The van der Waals surface area contributed by atoms with Gasteiger partial charge in [0, 0.05) is 0 Å². The van der Waals surface area contributed by atoms with E-state index in [9.17, 15) is 9.59 Å². The summed E-state index contributed by atoms with van der Waals surface area (Å²) in [5, 5.41) is 0. The van der Waals surface area contributed by atoms with Gasteiger partial charge in [-0.15, -0.1) is 0 Å². The second-order valence-corrected chi connectivity index (χ2v) is 5.46. The molecule has 8 nitrogen and oxygen atoms in total. The molecule has 5 rings (SSSR count). The van der Waals surface area contributed by atoms with Crippen LogP contribution in [0.2, 0.25) is 0 Å². The third-order valence-electron chi connectivity index (χ3n) is 3.89. The van der Waals surface area contributed by atoms with E-state index in [1.807, 2.05) is 0 Å². The number of hydrogen-bond donors (Lipinski definition) is 0. The van der Waals surface area contributed by atoms with Gasteiger partial charge in [0.05, 0.1) is 11.1 Å². The highest BCUT2D eigenvalue weighted by molar-refractivity contribution is 6.03. The highest BCUT2D eigenvalue weighted by Gasteiger charge is 2.79. The Hall–Kier alpha value is -2.00. The predicted molar refractivity (Wildman–Crippen MR) is 64.4 cm³/mol. The lowest BCUT2D eigenvalue weighted by Crippen LogP contribution is -2.20. The van der Waals surface area contributed by atoms with Gasteiger partial charge in [0.15, 0.2) is 13.2 Å². The maximum absolute atomic E-state index is 12.1. The minimum atomic E-state index is -0.730. The Morgan fingerprint density at radius 2 is 1.23 bits per heavy atom. The van der Waals surface area contributed by atoms with Crippen molar-refractivity contribution in [3.05, 3.63) is 35.4 Å². The fourth-order valence-electron chi connectivity index (χ4n) is 2.21. The van der Waals surface area contributed by atoms with Crippen LogP contribution in [0.25, 0.3) is 0 Å². The van der Waals surface area contributed by atoms with E-state index >= 15 is 0 Å². The van der Waals surface area contributed by atoms with Crippen LogP contribution in [0, 0.1) is 0 Å². The molecule has 4 saturated heterocycles. The lowest BCUT2D eigenvalue weighted by Gasteiger charge is -2.09. The second-order valence-electron chi connectivity index (χ2n) is 5.46. The van der Waals surface area contributed by atoms with Crippen LogP contribution in [0.5, 0.6) is 0 Å². The molecule has 0 aromatic heterocycles. The molecular weight excluding hydrogens is 296 g/mol. The summed E-state index contributed by atoms with van der Waals surface area (Å²) in [4.78, 5) is 24.2. The van der Waals surface area contributed by atoms with Gasteiger partial charge in [0.2, 0.25) is 12.6 Å². The summed E-state index contributed by atoms with van der Waals surface area (Å²) >= 11 is 0. The van der Waals surface area contributed by atoms with Crippen molar-refractivity contribution in [2.45, 2.75) is 24.2 Å². The van der Waals surface area contributed by atoms with Crippen LogP contribution in [0.3, 0.4) is 0 Å². The summed E-state index contributed by atoms with van der Waals surface area (Å²) in [5.74, 6) is -2.72. The number of esters is 2. The molecular formula is C14H10O8. The van der Waals surface area contributed by atoms with Gasteiger partial charge in [-0.2, -0.15) is 0 Å². The largest absolute Gasteiger partial charge is 0.456 e. The first-order chi connectivity index (χ1) is 10.6. The smallest absolute Gasteiger partial charge is 0.339 e. The van der Waals surface area contributed by atoms with Gasteiger partial charge in [0.25, 0.3) is 11.6 Å². The van der Waals surface area contributed by atoms with Gasteiger partial charge < -0.3 is 28.4 Å². The quantitative estimate of drug-likeness (QED) is 0.541. The first-order valence-electron chi connectivity index (χ1n) is 6.76. The summed E-state index contributed by atoms with van der Waals surface area (Å²) in [5.41, 5.74) is 0.258. The maximum atomic E-state index is 12.1. The number of carbonyl (C=O) groups is 2. The van der Waals surface area contributed by atoms with Crippen LogP contribution in [-0.2, 0) is 28.4 Å². The SMILES string of the molecule is O=C(OCC12OC1O2)c1ccccc1C(=O)OCC12OC1O2. The minimum absolute atomic E-state index is 0.00630. The Bertz CT molecular complexity index is 627. The molecule has 0 saturated carbocycles. The molecule has 0 spiro atoms. The van der Waals surface area contributed by atoms with E-state index in [0.29, 0.717) is 0 Å². The molecule has 0 amide bonds. The van der Waals surface area contributed by atoms with E-state index < -0.39 is 23.5 Å². The second kappa shape index (κ2) is 3.85. The predicted octanol–water partition coefficient (Wildman–Crippen LogP) is 0.166. The third-order valence-corrected chi connectivity index (χ3v) is 3.89. The molecule has 1 aromatic rings. The van der Waals surface area contributed by atoms with Gasteiger partial charge in [-0.25, -0.2) is 9.59 Å². The topological polar surface area (TPSA) is 103 Å². The van der Waals surface area contributed by atoms with Crippen molar-refractivity contribution >= 4 is 11.9 Å². The number of rotatable bonds is 6. The van der Waals surface area contributed by atoms with Crippen molar-refractivity contribution in [1.82, 2.24) is 0 Å². The number of benzene rings is 1. The molecule has 0 N–H and O–H groups in total. The number of epoxide rings is 4. The van der Waals surface area contributed by atoms with Crippen LogP contribution in [0.15, 0.2) is 24.3 Å². The molecule has 1 aromatic carbocycles. The summed E-state index contributed by atoms with van der Waals surface area (Å²) in [6.07, 6.45) is -0.491. The summed E-state index contributed by atoms with van der Waals surface area (Å²) in [6, 6.07) is 6.27. The molecule has 22 heavy (non-hydrogen) atoms. The van der Waals surface area contributed by atoms with Crippen molar-refractivity contribution in [2.75, 3.05) is 13.2 Å². The fraction of sp³-hybridized carbons (Fsp3) is 0.429. The van der Waals surface area contributed by atoms with Crippen LogP contribution >= 0.6 is 0 Å². The molecule has 0 atom stereocenters. The van der Waals surface area contributed by atoms with E-state index in [1.165, 1.54) is 12.1 Å². The molecule has 0 radical (unpaired) electrons. The lowest BCUT2D eigenvalue weighted by molar-refractivity contribution is -0.0774. The molecule has 4 aliphatic rings. The van der Waals surface area contributed by atoms with Gasteiger partial charge in [-0.1, -0.05) is 12.1 Å². The van der Waals surface area contributed by atoms with Crippen LogP contribution in [0.1, 0.15) is 20.7 Å². The van der Waals surface area contributed by atoms with Crippen molar-refractivity contribution in [2.24, 2.45) is 0 Å². The lowest BCUT2D eigenvalue weighted by atomic mass is 10.1. The molecule has 4 heterocycles. The van der Waals surface area contributed by atoms with E-state index in [4.69, 9.17) is 28.4 Å². The number of hydrogen-bond acceptors (Lipinski definition) is 8. The first kappa shape index (κ1) is 12.5. The molecule has 114 valence electrons. The normalized spacial score (nSPS) is 38.4. The van der Waals surface area contributed by atoms with Crippen molar-refractivity contribution in [1.29, 1.82) is 0 Å². The third kappa shape index (κ3) is 1.85. The summed E-state index contributed by atoms with van der Waals surface area (Å²) < 4.78 is 30.3. The van der Waals surface area contributed by atoms with Crippen LogP contribution in [0.4, 0.5) is 0 Å². The highest BCUT2D eigenvalue weighted by atomic mass is 17.0. The van der Waals surface area contributed by atoms with Gasteiger partial charge >= 0.3 is 11.9 Å². The molecule has 4 aliphatic heterocycles. The monoisotopic (exact) mass is 306 g/mol. The van der Waals surface area contributed by atoms with E-state index in [2.05, 4.69) is 0 Å². The van der Waals surface area contributed by atoms with Crippen molar-refractivity contribution < 1.29 is 38.0 Å². The number of fused-ring (bicyclic) bond motifs is 2. The van der Waals surface area contributed by atoms with Crippen LogP contribution < -0.4 is 0 Å². The molecule has 0 unspecified atom stereocenters. The maximum Gasteiger partial charge on any atom is 0.339 e. The summed E-state index contributed by atoms with van der Waals surface area (Å²) in [6.45, 7) is 0.0126. The van der Waals surface area contributed by atoms with Crippen molar-refractivity contribution in [3.8, 4) is 0 Å². The Kier molecular flexibility index (Phi) is 2.19. The van der Waals surface area contributed by atoms with E-state index in [-0.39, 0.29) is 36.9 Å². The molecule has 0 aliphatic carbocycles. The molecule has 8 heteroatoms. The van der Waals surface area contributed by atoms with Gasteiger partial charge in [0.1, 0.15) is 0 Å². The highest BCUT2D eigenvalue weighted by Crippen LogP contribution is 2.56. The first-order valence-corrected chi connectivity index (χ1v) is 6.76. The van der Waals surface area contributed by atoms with E-state index in [1.54, 1.807) is 12.1 Å². The number of carbonyl (C=O) groups excluding carboxylic acids is 2. The van der Waals surface area contributed by atoms with Gasteiger partial charge in [-0.3, -0.25) is 0 Å². The average Bonchev–Trinajstić information content (AvgIpc) is 3.32. The fourth-order valence-corrected chi connectivity index (χ4v) is 2.21. The molecule has 4 fully saturated rings. The van der Waals surface area contributed by atoms with Gasteiger partial charge in [-0.05, 0) is 12.1 Å². The standard InChI is InChI=1S/C14H10O8/c15-9(17-5-13-11(19-13)20-13)7-3-1-2-4-8(7)10(16)18-6-14-12(21-14)22-14/h1-4,11-12H,5-6H2. The van der Waals surface area contributed by atoms with Crippen LogP contribution in [-0.4, -0.2) is 49.3 Å². The number of ether oxygens (including phenoxy) is 6. The molecule has 0 bridgehead atoms. The Morgan fingerprint density at radius 1 is 0.864 bits per heavy atom. The Morgan fingerprint density at radius 3 is 1.55 bits per heavy atom. The van der Waals surface area contributed by atoms with E-state index in [0.717, 1.165) is 0 Å². The summed E-state index contributed by atoms with van der Waals surface area (Å²) in [7, 11) is 0. The zero-order valence-corrected chi connectivity index (χ0v) is 11.1. The zero-order valence-electron chi connectivity index (χ0n) is 11.1. The van der Waals surface area contributed by atoms with Crippen molar-refractivity contribution in [3.63, 3.8) is 0 Å². The average molecular weight is 306 g/mol. The Labute approximate surface area is 123 Å².